The van der Waals surface area contributed by atoms with Gasteiger partial charge in [-0.2, -0.15) is 0 Å². The van der Waals surface area contributed by atoms with E-state index in [1.165, 1.54) is 27.8 Å². The first-order chi connectivity index (χ1) is 23.2. The van der Waals surface area contributed by atoms with E-state index in [-0.39, 0.29) is 42.3 Å². The highest BCUT2D eigenvalue weighted by Crippen LogP contribution is 2.46. The number of ether oxygens (including phenoxy) is 2. The third-order valence-electron chi connectivity index (χ3n) is 9.23. The summed E-state index contributed by atoms with van der Waals surface area (Å²) in [4.78, 5) is 13.0. The first-order valence-electron chi connectivity index (χ1n) is 18.4. The standard InChI is InChI=1S/C36H53N3O4.C4H10.C2H6/c1-23(2)35(27(6)38-21-24(3)14-13-15-25(4)26(5)33(42-8)20-34(40)41)39(7)36(37)43-22-32-30-18-11-9-16-28(30)29-17-10-12-19-31(29)32;1-4(2)3;1-2/h9,11-12,14,16,18-19,23,25-26,32-33,35,37-38H,6,10,13,15,17,20-22H2,1-5,7-8H3,(H,40,41);4H,1-3H3;1-2H3. The van der Waals surface area contributed by atoms with Crippen molar-refractivity contribution in [1.29, 1.82) is 5.41 Å². The van der Waals surface area contributed by atoms with Crippen LogP contribution in [0, 0.1) is 29.1 Å². The molecule has 0 bridgehead atoms. The van der Waals surface area contributed by atoms with E-state index in [1.54, 1.807) is 7.11 Å². The Hall–Kier alpha value is -3.32. The van der Waals surface area contributed by atoms with Gasteiger partial charge in [0.15, 0.2) is 0 Å². The quantitative estimate of drug-likeness (QED) is 0.0915. The van der Waals surface area contributed by atoms with E-state index in [1.807, 2.05) is 25.8 Å². The Balaban J connectivity index is 0.00000186. The number of likely N-dealkylation sites (N-methyl/N-ethyl adjacent to an activating group) is 1. The number of fused-ring (bicyclic) bond motifs is 2. The predicted molar refractivity (Wildman–Crippen MR) is 208 cm³/mol. The summed E-state index contributed by atoms with van der Waals surface area (Å²) in [5, 5.41) is 21.5. The second-order valence-electron chi connectivity index (χ2n) is 14.4. The normalized spacial score (nSPS) is 17.4. The van der Waals surface area contributed by atoms with Gasteiger partial charge in [0.05, 0.1) is 18.6 Å². The predicted octanol–water partition coefficient (Wildman–Crippen LogP) is 10.1. The van der Waals surface area contributed by atoms with Gasteiger partial charge in [0.25, 0.3) is 6.02 Å². The lowest BCUT2D eigenvalue weighted by Crippen LogP contribution is -2.45. The molecule has 2 aliphatic carbocycles. The molecule has 0 saturated heterocycles. The lowest BCUT2D eigenvalue weighted by atomic mass is 9.85. The molecule has 0 aliphatic heterocycles. The summed E-state index contributed by atoms with van der Waals surface area (Å²) in [6.07, 6.45) is 10.5. The molecule has 3 rings (SSSR count). The molecular formula is C42H69N3O4. The van der Waals surface area contributed by atoms with Gasteiger partial charge in [-0.25, -0.2) is 0 Å². The van der Waals surface area contributed by atoms with Crippen molar-refractivity contribution >= 4 is 17.6 Å². The Labute approximate surface area is 299 Å². The summed E-state index contributed by atoms with van der Waals surface area (Å²) in [6, 6.07) is 8.65. The van der Waals surface area contributed by atoms with Crippen LogP contribution in [0.2, 0.25) is 0 Å². The summed E-state index contributed by atoms with van der Waals surface area (Å²) in [5.74, 6) is 0.881. The number of methoxy groups -OCH3 is 1. The summed E-state index contributed by atoms with van der Waals surface area (Å²) in [5.41, 5.74) is 7.47. The van der Waals surface area contributed by atoms with Gasteiger partial charge in [-0.3, -0.25) is 10.2 Å². The summed E-state index contributed by atoms with van der Waals surface area (Å²) < 4.78 is 11.6. The number of allylic oxidation sites excluding steroid dienone is 4. The van der Waals surface area contributed by atoms with Crippen LogP contribution < -0.4 is 5.32 Å². The summed E-state index contributed by atoms with van der Waals surface area (Å²) in [6.45, 7) is 26.6. The van der Waals surface area contributed by atoms with E-state index >= 15 is 0 Å². The van der Waals surface area contributed by atoms with E-state index in [0.29, 0.717) is 19.1 Å². The first kappa shape index (κ1) is 43.7. The van der Waals surface area contributed by atoms with Gasteiger partial charge >= 0.3 is 5.97 Å². The molecule has 1 aromatic carbocycles. The number of rotatable bonds is 16. The highest BCUT2D eigenvalue weighted by Gasteiger charge is 2.32. The van der Waals surface area contributed by atoms with Gasteiger partial charge in [-0.05, 0) is 78.6 Å². The molecule has 0 heterocycles. The lowest BCUT2D eigenvalue weighted by molar-refractivity contribution is -0.141. The topological polar surface area (TPSA) is 94.9 Å². The maximum Gasteiger partial charge on any atom is 0.305 e. The molecule has 0 saturated carbocycles. The van der Waals surface area contributed by atoms with Crippen molar-refractivity contribution in [3.05, 3.63) is 77.0 Å². The average molecular weight is 680 g/mol. The van der Waals surface area contributed by atoms with Gasteiger partial charge in [-0.15, -0.1) is 0 Å². The Morgan fingerprint density at radius 3 is 2.37 bits per heavy atom. The smallest absolute Gasteiger partial charge is 0.305 e. The van der Waals surface area contributed by atoms with E-state index in [9.17, 15) is 4.79 Å². The zero-order valence-corrected chi connectivity index (χ0v) is 32.9. The van der Waals surface area contributed by atoms with Crippen molar-refractivity contribution < 1.29 is 19.4 Å². The number of nitrogens with zero attached hydrogens (tertiary/aromatic N) is 1. The number of aliphatic carboxylic acids is 1. The molecule has 1 aromatic rings. The zero-order valence-electron chi connectivity index (χ0n) is 32.9. The van der Waals surface area contributed by atoms with Crippen molar-refractivity contribution in [2.45, 2.75) is 119 Å². The Bertz CT molecular complexity index is 1280. The van der Waals surface area contributed by atoms with E-state index < -0.39 is 5.97 Å². The van der Waals surface area contributed by atoms with Crippen molar-refractivity contribution in [2.75, 3.05) is 27.3 Å². The third-order valence-corrected chi connectivity index (χ3v) is 9.23. The van der Waals surface area contributed by atoms with Gasteiger partial charge in [-0.1, -0.05) is 117 Å². The largest absolute Gasteiger partial charge is 0.481 e. The SMILES string of the molecule is C=C(NCC(C)=CCCC(C)C(C)C(CC(=O)O)OC)C(C(C)C)N(C)C(=N)OCC1C2=C(CCC=C2)c2ccccc21.CC.CC(C)C. The maximum absolute atomic E-state index is 11.1. The fourth-order valence-corrected chi connectivity index (χ4v) is 6.50. The molecule has 3 N–H and O–H groups in total. The maximum atomic E-state index is 11.1. The monoisotopic (exact) mass is 680 g/mol. The van der Waals surface area contributed by atoms with Crippen LogP contribution in [0.25, 0.3) is 5.57 Å². The van der Waals surface area contributed by atoms with Crippen molar-refractivity contribution in [3.63, 3.8) is 0 Å². The van der Waals surface area contributed by atoms with Crippen molar-refractivity contribution in [1.82, 2.24) is 10.2 Å². The lowest BCUT2D eigenvalue weighted by Gasteiger charge is -2.34. The fraction of sp³-hybridized carbons (Fsp3) is 0.619. The van der Waals surface area contributed by atoms with Gasteiger partial charge in [0.1, 0.15) is 6.61 Å². The van der Waals surface area contributed by atoms with Crippen LogP contribution in [-0.4, -0.2) is 61.5 Å². The third kappa shape index (κ3) is 13.8. The van der Waals surface area contributed by atoms with Crippen molar-refractivity contribution in [3.8, 4) is 0 Å². The number of nitrogens with one attached hydrogen (secondary N) is 2. The number of benzene rings is 1. The van der Waals surface area contributed by atoms with Crippen LogP contribution in [0.1, 0.15) is 118 Å². The molecule has 0 fully saturated rings. The van der Waals surface area contributed by atoms with Crippen LogP contribution in [0.3, 0.4) is 0 Å². The molecule has 7 nitrogen and oxygen atoms in total. The van der Waals surface area contributed by atoms with E-state index in [2.05, 4.69) is 110 Å². The summed E-state index contributed by atoms with van der Waals surface area (Å²) >= 11 is 0. The molecule has 0 amide bonds. The number of amidine groups is 1. The Morgan fingerprint density at radius 2 is 1.78 bits per heavy atom. The molecule has 0 radical (unpaired) electrons. The van der Waals surface area contributed by atoms with Crippen LogP contribution >= 0.6 is 0 Å². The van der Waals surface area contributed by atoms with Gasteiger partial charge < -0.3 is 24.8 Å². The second-order valence-corrected chi connectivity index (χ2v) is 14.4. The summed E-state index contributed by atoms with van der Waals surface area (Å²) in [7, 11) is 3.50. The molecule has 0 aromatic heterocycles. The van der Waals surface area contributed by atoms with Crippen molar-refractivity contribution in [2.24, 2.45) is 23.7 Å². The van der Waals surface area contributed by atoms with Gasteiger partial charge in [0, 0.05) is 32.3 Å². The average Bonchev–Trinajstić information content (AvgIpc) is 3.38. The molecule has 276 valence electrons. The number of carbonyl (C=O) groups is 1. The molecule has 0 spiro atoms. The van der Waals surface area contributed by atoms with Gasteiger partial charge in [0.2, 0.25) is 0 Å². The molecule has 5 unspecified atom stereocenters. The number of carboxylic acid groups (broad SMARTS) is 1. The zero-order chi connectivity index (χ0) is 37.3. The fourth-order valence-electron chi connectivity index (χ4n) is 6.50. The molecule has 5 atom stereocenters. The molecule has 49 heavy (non-hydrogen) atoms. The second kappa shape index (κ2) is 22.4. The van der Waals surface area contributed by atoms with Crippen LogP contribution in [0.15, 0.2) is 65.9 Å². The minimum Gasteiger partial charge on any atom is -0.481 e. The van der Waals surface area contributed by atoms with Crippen LogP contribution in [0.5, 0.6) is 0 Å². The van der Waals surface area contributed by atoms with E-state index in [0.717, 1.165) is 37.3 Å². The molecule has 7 heteroatoms. The highest BCUT2D eigenvalue weighted by molar-refractivity contribution is 5.81. The Kier molecular flexibility index (Phi) is 20.0. The minimum atomic E-state index is -0.826. The Morgan fingerprint density at radius 1 is 1.14 bits per heavy atom. The molecule has 2 aliphatic rings. The first-order valence-corrected chi connectivity index (χ1v) is 18.4. The van der Waals surface area contributed by atoms with Crippen LogP contribution in [-0.2, 0) is 14.3 Å². The number of hydrogen-bond donors (Lipinski definition) is 3. The number of carboxylic acids is 1. The van der Waals surface area contributed by atoms with E-state index in [4.69, 9.17) is 20.0 Å². The highest BCUT2D eigenvalue weighted by atomic mass is 16.5. The minimum absolute atomic E-state index is 0.0295. The van der Waals surface area contributed by atoms with Crippen LogP contribution in [0.4, 0.5) is 0 Å². The molecular weight excluding hydrogens is 610 g/mol. The number of hydrogen-bond acceptors (Lipinski definition) is 5.